The first-order valence-corrected chi connectivity index (χ1v) is 10.1. The van der Waals surface area contributed by atoms with Gasteiger partial charge >= 0.3 is 6.61 Å². The maximum Gasteiger partial charge on any atom is 0.387 e. The second-order valence-electron chi connectivity index (χ2n) is 7.05. The minimum atomic E-state index is -2.86. The molecule has 3 aromatic rings. The van der Waals surface area contributed by atoms with Gasteiger partial charge in [-0.05, 0) is 18.6 Å². The van der Waals surface area contributed by atoms with E-state index in [1.165, 1.54) is 5.56 Å². The van der Waals surface area contributed by atoms with E-state index in [0.29, 0.717) is 31.0 Å². The lowest BCUT2D eigenvalue weighted by molar-refractivity contribution is -0.0504. The van der Waals surface area contributed by atoms with Gasteiger partial charge in [-0.25, -0.2) is 4.98 Å². The number of alkyl halides is 2. The molecule has 0 unspecified atom stereocenters. The molecule has 6 nitrogen and oxygen atoms in total. The highest BCUT2D eigenvalue weighted by atomic mass is 19.3. The molecule has 0 aliphatic rings. The first-order chi connectivity index (χ1) is 15.0. The molecule has 0 bridgehead atoms. The number of ether oxygens (including phenoxy) is 1. The number of aromatic nitrogens is 2. The largest absolute Gasteiger partial charge is 0.434 e. The number of hydrogen-bond donors (Lipinski definition) is 2. The molecule has 31 heavy (non-hydrogen) atoms. The maximum atomic E-state index is 12.7. The molecule has 8 heteroatoms. The molecule has 0 spiro atoms. The van der Waals surface area contributed by atoms with Crippen LogP contribution < -0.4 is 15.4 Å². The van der Waals surface area contributed by atoms with Crippen molar-refractivity contribution in [2.45, 2.75) is 33.0 Å². The summed E-state index contributed by atoms with van der Waals surface area (Å²) in [5.74, 6) is 1.70. The zero-order valence-corrected chi connectivity index (χ0v) is 17.7. The Morgan fingerprint density at radius 2 is 1.97 bits per heavy atom. The third-order valence-corrected chi connectivity index (χ3v) is 4.74. The standard InChI is InChI=1S/C23H27F2N5O/c1-17-8-9-20(31-22(24)25)19(14-17)15-29-23(26-2)28-11-10-21-27-12-13-30(21)16-18-6-4-3-5-7-18/h3-9,12-14,22H,10-11,15-16H2,1-2H3,(H2,26,28,29). The number of rotatable bonds is 9. The fraction of sp³-hybridized carbons (Fsp3) is 0.304. The zero-order chi connectivity index (χ0) is 22.1. The van der Waals surface area contributed by atoms with E-state index in [1.807, 2.05) is 37.4 Å². The summed E-state index contributed by atoms with van der Waals surface area (Å²) in [6, 6.07) is 15.3. The molecular formula is C23H27F2N5O. The summed E-state index contributed by atoms with van der Waals surface area (Å²) in [7, 11) is 1.67. The van der Waals surface area contributed by atoms with Crippen LogP contribution >= 0.6 is 0 Å². The number of nitrogens with zero attached hydrogens (tertiary/aromatic N) is 3. The second-order valence-corrected chi connectivity index (χ2v) is 7.05. The van der Waals surface area contributed by atoms with Crippen molar-refractivity contribution in [1.29, 1.82) is 0 Å². The summed E-state index contributed by atoms with van der Waals surface area (Å²) in [5.41, 5.74) is 2.82. The smallest absolute Gasteiger partial charge is 0.387 e. The van der Waals surface area contributed by atoms with E-state index in [0.717, 1.165) is 17.9 Å². The Labute approximate surface area is 181 Å². The lowest BCUT2D eigenvalue weighted by Crippen LogP contribution is -2.38. The normalized spacial score (nSPS) is 11.6. The molecule has 0 aliphatic carbocycles. The molecule has 0 saturated carbocycles. The van der Waals surface area contributed by atoms with Crippen LogP contribution in [-0.2, 0) is 19.5 Å². The van der Waals surface area contributed by atoms with Crippen molar-refractivity contribution in [3.63, 3.8) is 0 Å². The number of halogens is 2. The van der Waals surface area contributed by atoms with Gasteiger partial charge in [-0.2, -0.15) is 8.78 Å². The van der Waals surface area contributed by atoms with Crippen molar-refractivity contribution in [2.24, 2.45) is 4.99 Å². The van der Waals surface area contributed by atoms with Gasteiger partial charge in [0.2, 0.25) is 0 Å². The van der Waals surface area contributed by atoms with E-state index < -0.39 is 6.61 Å². The molecule has 0 amide bonds. The van der Waals surface area contributed by atoms with Crippen LogP contribution in [0.1, 0.15) is 22.5 Å². The van der Waals surface area contributed by atoms with Gasteiger partial charge in [0, 0.05) is 51.1 Å². The van der Waals surface area contributed by atoms with E-state index in [9.17, 15) is 8.78 Å². The lowest BCUT2D eigenvalue weighted by Gasteiger charge is -2.15. The highest BCUT2D eigenvalue weighted by molar-refractivity contribution is 5.79. The highest BCUT2D eigenvalue weighted by Gasteiger charge is 2.11. The van der Waals surface area contributed by atoms with Crippen LogP contribution in [0.5, 0.6) is 5.75 Å². The molecular weight excluding hydrogens is 400 g/mol. The molecule has 0 atom stereocenters. The molecule has 0 fully saturated rings. The molecule has 3 rings (SSSR count). The molecule has 164 valence electrons. The monoisotopic (exact) mass is 427 g/mol. The van der Waals surface area contributed by atoms with Gasteiger partial charge in [0.1, 0.15) is 11.6 Å². The van der Waals surface area contributed by atoms with Crippen molar-refractivity contribution in [1.82, 2.24) is 20.2 Å². The molecule has 1 aromatic heterocycles. The number of nitrogens with one attached hydrogen (secondary N) is 2. The molecule has 2 aromatic carbocycles. The highest BCUT2D eigenvalue weighted by Crippen LogP contribution is 2.22. The molecule has 1 heterocycles. The van der Waals surface area contributed by atoms with Crippen LogP contribution in [0.15, 0.2) is 65.9 Å². The Hall–Kier alpha value is -3.42. The van der Waals surface area contributed by atoms with Crippen molar-refractivity contribution >= 4 is 5.96 Å². The topological polar surface area (TPSA) is 63.5 Å². The minimum Gasteiger partial charge on any atom is -0.434 e. The van der Waals surface area contributed by atoms with Crippen LogP contribution in [0.25, 0.3) is 0 Å². The van der Waals surface area contributed by atoms with Gasteiger partial charge in [0.25, 0.3) is 0 Å². The number of aryl methyl sites for hydroxylation is 1. The summed E-state index contributed by atoms with van der Waals surface area (Å²) >= 11 is 0. The lowest BCUT2D eigenvalue weighted by atomic mass is 10.1. The van der Waals surface area contributed by atoms with E-state index >= 15 is 0 Å². The first-order valence-electron chi connectivity index (χ1n) is 10.1. The molecule has 2 N–H and O–H groups in total. The quantitative estimate of drug-likeness (QED) is 0.403. The van der Waals surface area contributed by atoms with E-state index in [4.69, 9.17) is 0 Å². The Morgan fingerprint density at radius 1 is 1.16 bits per heavy atom. The number of benzene rings is 2. The molecule has 0 radical (unpaired) electrons. The summed E-state index contributed by atoms with van der Waals surface area (Å²) in [6.07, 6.45) is 4.48. The van der Waals surface area contributed by atoms with Gasteiger partial charge in [-0.1, -0.05) is 48.0 Å². The Kier molecular flexibility index (Phi) is 7.98. The van der Waals surface area contributed by atoms with Crippen molar-refractivity contribution < 1.29 is 13.5 Å². The first kappa shape index (κ1) is 22.3. The van der Waals surface area contributed by atoms with Gasteiger partial charge in [0.05, 0.1) is 0 Å². The number of imidazole rings is 1. The predicted molar refractivity (Wildman–Crippen MR) is 117 cm³/mol. The number of guanidine groups is 1. The van der Waals surface area contributed by atoms with Crippen LogP contribution in [0.3, 0.4) is 0 Å². The van der Waals surface area contributed by atoms with Crippen molar-refractivity contribution in [3.8, 4) is 5.75 Å². The SMILES string of the molecule is CN=C(NCCc1nccn1Cc1ccccc1)NCc1cc(C)ccc1OC(F)F. The number of hydrogen-bond acceptors (Lipinski definition) is 3. The fourth-order valence-electron chi connectivity index (χ4n) is 3.24. The second kappa shape index (κ2) is 11.1. The van der Waals surface area contributed by atoms with Gasteiger partial charge in [0.15, 0.2) is 5.96 Å². The Balaban J connectivity index is 1.52. The van der Waals surface area contributed by atoms with Gasteiger partial charge in [-0.3, -0.25) is 4.99 Å². The summed E-state index contributed by atoms with van der Waals surface area (Å²) in [5, 5.41) is 6.39. The third-order valence-electron chi connectivity index (χ3n) is 4.74. The summed E-state index contributed by atoms with van der Waals surface area (Å²) in [4.78, 5) is 8.66. The molecule has 0 saturated heterocycles. The van der Waals surface area contributed by atoms with Gasteiger partial charge < -0.3 is 19.9 Å². The van der Waals surface area contributed by atoms with Crippen molar-refractivity contribution in [3.05, 3.63) is 83.4 Å². The van der Waals surface area contributed by atoms with Crippen LogP contribution in [0.4, 0.5) is 8.78 Å². The molecule has 0 aliphatic heterocycles. The van der Waals surface area contributed by atoms with Crippen LogP contribution in [0.2, 0.25) is 0 Å². The third kappa shape index (κ3) is 6.80. The maximum absolute atomic E-state index is 12.7. The van der Waals surface area contributed by atoms with E-state index in [-0.39, 0.29) is 5.75 Å². The Bertz CT molecular complexity index is 989. The average molecular weight is 427 g/mol. The summed E-state index contributed by atoms with van der Waals surface area (Å²) in [6.45, 7) is 0.744. The predicted octanol–water partition coefficient (Wildman–Crippen LogP) is 3.75. The fourth-order valence-corrected chi connectivity index (χ4v) is 3.24. The van der Waals surface area contributed by atoms with Gasteiger partial charge in [-0.15, -0.1) is 0 Å². The number of aliphatic imine (C=N–C) groups is 1. The van der Waals surface area contributed by atoms with Crippen LogP contribution in [-0.4, -0.2) is 35.7 Å². The van der Waals surface area contributed by atoms with Crippen molar-refractivity contribution in [2.75, 3.05) is 13.6 Å². The zero-order valence-electron chi connectivity index (χ0n) is 17.7. The summed E-state index contributed by atoms with van der Waals surface area (Å²) < 4.78 is 32.0. The van der Waals surface area contributed by atoms with Crippen LogP contribution in [0, 0.1) is 6.92 Å². The average Bonchev–Trinajstić information content (AvgIpc) is 3.19. The van der Waals surface area contributed by atoms with E-state index in [1.54, 1.807) is 25.4 Å². The Morgan fingerprint density at radius 3 is 2.71 bits per heavy atom. The van der Waals surface area contributed by atoms with E-state index in [2.05, 4.69) is 42.0 Å². The minimum absolute atomic E-state index is 0.159.